The molecule has 1 atom stereocenters. The van der Waals surface area contributed by atoms with E-state index in [1.165, 1.54) is 5.69 Å². The Kier molecular flexibility index (Phi) is 8.75. The van der Waals surface area contributed by atoms with Gasteiger partial charge in [0.1, 0.15) is 12.4 Å². The number of morpholine rings is 1. The highest BCUT2D eigenvalue weighted by molar-refractivity contribution is 5.77. The Balaban J connectivity index is 1.18. The number of nitrogen functional groups attached to an aromatic ring is 1. The summed E-state index contributed by atoms with van der Waals surface area (Å²) in [5, 5.41) is 12.5. The van der Waals surface area contributed by atoms with E-state index in [4.69, 9.17) is 15.2 Å². The third-order valence-corrected chi connectivity index (χ3v) is 7.25. The number of likely N-dealkylation sites (tertiary alicyclic amines) is 1. The number of hydrogen-bond donors (Lipinski definition) is 3. The quantitative estimate of drug-likeness (QED) is 0.355. The number of piperidine rings is 1. The van der Waals surface area contributed by atoms with Gasteiger partial charge in [0.05, 0.1) is 31.2 Å². The Labute approximate surface area is 228 Å². The lowest BCUT2D eigenvalue weighted by molar-refractivity contribution is -0.138. The van der Waals surface area contributed by atoms with Crippen LogP contribution in [0.25, 0.3) is 11.3 Å². The van der Waals surface area contributed by atoms with Crippen molar-refractivity contribution in [3.05, 3.63) is 54.7 Å². The first-order chi connectivity index (χ1) is 19.1. The molecule has 2 aliphatic rings. The summed E-state index contributed by atoms with van der Waals surface area (Å²) in [6, 6.07) is 15.8. The zero-order valence-electron chi connectivity index (χ0n) is 22.1. The van der Waals surface area contributed by atoms with Crippen LogP contribution in [0.3, 0.4) is 0 Å². The number of nitrogens with zero attached hydrogens (tertiary/aromatic N) is 4. The molecule has 0 unspecified atom stereocenters. The number of ether oxygens (including phenoxy) is 2. The lowest BCUT2D eigenvalue weighted by Gasteiger charge is -2.35. The Morgan fingerprint density at radius 3 is 2.69 bits per heavy atom. The fourth-order valence-corrected chi connectivity index (χ4v) is 5.15. The number of rotatable bonds is 9. The number of carbonyl (C=O) groups excluding carboxylic acids is 1. The molecule has 0 saturated carbocycles. The van der Waals surface area contributed by atoms with Gasteiger partial charge in [-0.05, 0) is 67.8 Å². The average molecular weight is 533 g/mol. The van der Waals surface area contributed by atoms with E-state index in [1.54, 1.807) is 11.1 Å². The topological polar surface area (TPSA) is 126 Å². The van der Waals surface area contributed by atoms with Gasteiger partial charge in [-0.2, -0.15) is 0 Å². The first-order valence-electron chi connectivity index (χ1n) is 13.6. The van der Waals surface area contributed by atoms with Crippen LogP contribution in [0, 0.1) is 0 Å². The van der Waals surface area contributed by atoms with Crippen molar-refractivity contribution in [3.8, 4) is 17.0 Å². The van der Waals surface area contributed by atoms with E-state index in [0.29, 0.717) is 37.0 Å². The summed E-state index contributed by atoms with van der Waals surface area (Å²) in [7, 11) is 0. The molecule has 5 rings (SSSR count). The predicted molar refractivity (Wildman–Crippen MR) is 151 cm³/mol. The molecule has 1 aromatic heterocycles. The lowest BCUT2D eigenvalue weighted by atomic mass is 9.99. The van der Waals surface area contributed by atoms with Gasteiger partial charge in [0.25, 0.3) is 0 Å². The number of benzene rings is 2. The van der Waals surface area contributed by atoms with Gasteiger partial charge in [0.2, 0.25) is 11.9 Å². The van der Waals surface area contributed by atoms with Gasteiger partial charge in [-0.25, -0.2) is 9.97 Å². The van der Waals surface area contributed by atoms with E-state index in [0.717, 1.165) is 62.5 Å². The van der Waals surface area contributed by atoms with Crippen LogP contribution in [0.1, 0.15) is 25.7 Å². The summed E-state index contributed by atoms with van der Waals surface area (Å²) in [5.74, 6) is 0.884. The molecule has 2 fully saturated rings. The monoisotopic (exact) mass is 532 g/mol. The molecule has 206 valence electrons. The zero-order chi connectivity index (χ0) is 27.0. The van der Waals surface area contributed by atoms with E-state index in [-0.39, 0.29) is 11.9 Å². The molecule has 3 heterocycles. The highest BCUT2D eigenvalue weighted by atomic mass is 16.5. The molecule has 10 heteroatoms. The molecule has 2 aromatic carbocycles. The van der Waals surface area contributed by atoms with Crippen molar-refractivity contribution in [2.75, 3.05) is 62.0 Å². The van der Waals surface area contributed by atoms with E-state index in [9.17, 15) is 9.90 Å². The first kappa shape index (κ1) is 26.7. The molecule has 0 aliphatic carbocycles. The number of aliphatic hydroxyl groups is 1. The smallest absolute Gasteiger partial charge is 0.248 e. The van der Waals surface area contributed by atoms with Crippen molar-refractivity contribution >= 4 is 28.9 Å². The molecular weight excluding hydrogens is 496 g/mol. The van der Waals surface area contributed by atoms with Crippen molar-refractivity contribution in [3.63, 3.8) is 0 Å². The van der Waals surface area contributed by atoms with Crippen LogP contribution in [0.4, 0.5) is 23.0 Å². The van der Waals surface area contributed by atoms with Crippen LogP contribution >= 0.6 is 0 Å². The Morgan fingerprint density at radius 2 is 1.92 bits per heavy atom. The van der Waals surface area contributed by atoms with E-state index in [2.05, 4.69) is 32.3 Å². The standard InChI is InChI=1S/C29H36N6O4/c30-25-19-21(4-9-27(25)39-16-11-24-3-1-2-13-35(24)28(37)20-36)26-10-12-31-29(33-26)32-22-5-7-23(8-6-22)34-14-17-38-18-15-34/h4-10,12,19,24,36H,1-3,11,13-18,20,30H2,(H,31,32,33)/t24-/m1/s1. The average Bonchev–Trinajstić information content (AvgIpc) is 2.99. The molecule has 1 amide bonds. The molecule has 10 nitrogen and oxygen atoms in total. The molecule has 2 saturated heterocycles. The maximum atomic E-state index is 12.0. The minimum atomic E-state index is -0.451. The third-order valence-electron chi connectivity index (χ3n) is 7.25. The van der Waals surface area contributed by atoms with Gasteiger partial charge in [0.15, 0.2) is 0 Å². The van der Waals surface area contributed by atoms with Crippen LogP contribution in [0.2, 0.25) is 0 Å². The minimum absolute atomic E-state index is 0.0846. The van der Waals surface area contributed by atoms with Gasteiger partial charge in [-0.1, -0.05) is 0 Å². The maximum absolute atomic E-state index is 12.0. The van der Waals surface area contributed by atoms with Crippen molar-refractivity contribution in [2.45, 2.75) is 31.7 Å². The van der Waals surface area contributed by atoms with Crippen molar-refractivity contribution in [1.29, 1.82) is 0 Å². The third kappa shape index (κ3) is 6.76. The number of hydrogen-bond acceptors (Lipinski definition) is 9. The van der Waals surface area contributed by atoms with Crippen molar-refractivity contribution in [2.24, 2.45) is 0 Å². The number of nitrogens with two attached hydrogens (primary N) is 1. The number of aliphatic hydroxyl groups excluding tert-OH is 1. The predicted octanol–water partition coefficient (Wildman–Crippen LogP) is 3.45. The molecule has 39 heavy (non-hydrogen) atoms. The number of amides is 1. The summed E-state index contributed by atoms with van der Waals surface area (Å²) in [6.07, 6.45) is 5.38. The van der Waals surface area contributed by atoms with Crippen LogP contribution in [-0.2, 0) is 9.53 Å². The van der Waals surface area contributed by atoms with Crippen LogP contribution < -0.4 is 20.7 Å². The van der Waals surface area contributed by atoms with Gasteiger partial charge >= 0.3 is 0 Å². The fourth-order valence-electron chi connectivity index (χ4n) is 5.15. The molecule has 3 aromatic rings. The minimum Gasteiger partial charge on any atom is -0.491 e. The Morgan fingerprint density at radius 1 is 1.10 bits per heavy atom. The van der Waals surface area contributed by atoms with E-state index in [1.807, 2.05) is 36.4 Å². The number of aromatic nitrogens is 2. The molecule has 4 N–H and O–H groups in total. The lowest BCUT2D eigenvalue weighted by Crippen LogP contribution is -2.45. The SMILES string of the molecule is Nc1cc(-c2ccnc(Nc3ccc(N4CCOCC4)cc3)n2)ccc1OCC[C@H]1CCCCN1C(=O)CO. The second kappa shape index (κ2) is 12.8. The number of nitrogens with one attached hydrogen (secondary N) is 1. The summed E-state index contributed by atoms with van der Waals surface area (Å²) in [4.78, 5) is 25.2. The summed E-state index contributed by atoms with van der Waals surface area (Å²) < 4.78 is 11.4. The number of anilines is 4. The van der Waals surface area contributed by atoms with Gasteiger partial charge in [-0.15, -0.1) is 0 Å². The maximum Gasteiger partial charge on any atom is 0.248 e. The number of carbonyl (C=O) groups is 1. The second-order valence-electron chi connectivity index (χ2n) is 9.82. The Hall–Kier alpha value is -3.89. The largest absolute Gasteiger partial charge is 0.491 e. The highest BCUT2D eigenvalue weighted by Crippen LogP contribution is 2.29. The fraction of sp³-hybridized carbons (Fsp3) is 0.414. The second-order valence-corrected chi connectivity index (χ2v) is 9.82. The van der Waals surface area contributed by atoms with E-state index < -0.39 is 6.61 Å². The molecule has 0 bridgehead atoms. The molecule has 0 spiro atoms. The van der Waals surface area contributed by atoms with Crippen molar-refractivity contribution in [1.82, 2.24) is 14.9 Å². The van der Waals surface area contributed by atoms with Gasteiger partial charge < -0.3 is 35.4 Å². The molecule has 0 radical (unpaired) electrons. The summed E-state index contributed by atoms with van der Waals surface area (Å²) >= 11 is 0. The Bertz CT molecular complexity index is 1250. The highest BCUT2D eigenvalue weighted by Gasteiger charge is 2.26. The summed E-state index contributed by atoms with van der Waals surface area (Å²) in [6.45, 7) is 3.99. The molecular formula is C29H36N6O4. The zero-order valence-corrected chi connectivity index (χ0v) is 22.1. The first-order valence-corrected chi connectivity index (χ1v) is 13.6. The van der Waals surface area contributed by atoms with Gasteiger partial charge in [-0.3, -0.25) is 4.79 Å². The normalized spacial score (nSPS) is 17.6. The van der Waals surface area contributed by atoms with Crippen LogP contribution in [0.15, 0.2) is 54.7 Å². The van der Waals surface area contributed by atoms with Gasteiger partial charge in [0, 0.05) is 55.2 Å². The van der Waals surface area contributed by atoms with E-state index >= 15 is 0 Å². The summed E-state index contributed by atoms with van der Waals surface area (Å²) in [5.41, 5.74) is 10.5. The van der Waals surface area contributed by atoms with Crippen LogP contribution in [0.5, 0.6) is 5.75 Å². The molecule has 2 aliphatic heterocycles. The van der Waals surface area contributed by atoms with Crippen LogP contribution in [-0.4, -0.2) is 78.0 Å². The van der Waals surface area contributed by atoms with Crippen molar-refractivity contribution < 1.29 is 19.4 Å².